The number of methoxy groups -OCH3 is 1. The number of rotatable bonds is 6. The number of aryl methyl sites for hydroxylation is 2. The van der Waals surface area contributed by atoms with E-state index < -0.39 is 24.2 Å². The molecule has 0 unspecified atom stereocenters. The van der Waals surface area contributed by atoms with Gasteiger partial charge in [0.1, 0.15) is 5.57 Å². The fourth-order valence-electron chi connectivity index (χ4n) is 2.29. The van der Waals surface area contributed by atoms with Crippen LogP contribution >= 0.6 is 0 Å². The molecule has 0 atom stereocenters. The van der Waals surface area contributed by atoms with Crippen LogP contribution in [-0.4, -0.2) is 30.5 Å². The summed E-state index contributed by atoms with van der Waals surface area (Å²) in [6.45, 7) is 4.92. The van der Waals surface area contributed by atoms with E-state index >= 15 is 0 Å². The van der Waals surface area contributed by atoms with Crippen LogP contribution in [0, 0.1) is 13.8 Å². The number of aromatic nitrogens is 1. The Labute approximate surface area is 156 Å². The van der Waals surface area contributed by atoms with Crippen molar-refractivity contribution < 1.29 is 17.9 Å². The summed E-state index contributed by atoms with van der Waals surface area (Å²) in [5.41, 5.74) is 2.49. The van der Waals surface area contributed by atoms with E-state index in [1.54, 1.807) is 31.3 Å². The number of hydrogen-bond acceptors (Lipinski definition) is 4. The van der Waals surface area contributed by atoms with E-state index in [-0.39, 0.29) is 0 Å². The van der Waals surface area contributed by atoms with Crippen LogP contribution in [-0.2, 0) is 4.74 Å². The molecule has 144 valence electrons. The van der Waals surface area contributed by atoms with Crippen LogP contribution in [0.4, 0.5) is 18.9 Å². The summed E-state index contributed by atoms with van der Waals surface area (Å²) >= 11 is 0. The van der Waals surface area contributed by atoms with E-state index in [1.807, 2.05) is 32.0 Å². The van der Waals surface area contributed by atoms with E-state index in [4.69, 9.17) is 4.74 Å². The Bertz CT molecular complexity index is 823. The first-order chi connectivity index (χ1) is 12.7. The van der Waals surface area contributed by atoms with Crippen LogP contribution in [0.3, 0.4) is 0 Å². The summed E-state index contributed by atoms with van der Waals surface area (Å²) < 4.78 is 45.7. The summed E-state index contributed by atoms with van der Waals surface area (Å²) in [5.74, 6) is -0.484. The van der Waals surface area contributed by atoms with Gasteiger partial charge in [0.25, 0.3) is 0 Å². The Kier molecular flexibility index (Phi) is 6.60. The monoisotopic (exact) mass is 377 g/mol. The SMILES string of the molecule is CO/C(N=C(C)c1ccc(C)cn1)=C(/CNc1ccc(C)cc1)C(F)(F)F. The fraction of sp³-hybridized carbons (Fsp3) is 0.300. The molecule has 0 radical (unpaired) electrons. The van der Waals surface area contributed by atoms with E-state index in [2.05, 4.69) is 15.3 Å². The Morgan fingerprint density at radius 3 is 2.22 bits per heavy atom. The Morgan fingerprint density at radius 2 is 1.70 bits per heavy atom. The number of alkyl halides is 3. The molecule has 1 heterocycles. The predicted molar refractivity (Wildman–Crippen MR) is 101 cm³/mol. The van der Waals surface area contributed by atoms with Crippen molar-refractivity contribution in [3.8, 4) is 0 Å². The van der Waals surface area contributed by atoms with Crippen molar-refractivity contribution in [3.05, 3.63) is 70.9 Å². The second kappa shape index (κ2) is 8.70. The van der Waals surface area contributed by atoms with Gasteiger partial charge in [0.05, 0.1) is 25.1 Å². The van der Waals surface area contributed by atoms with Gasteiger partial charge in [-0.05, 0) is 44.5 Å². The number of halogens is 3. The molecule has 27 heavy (non-hydrogen) atoms. The Balaban J connectivity index is 2.33. The third-order valence-electron chi connectivity index (χ3n) is 3.87. The molecule has 1 N–H and O–H groups in total. The highest BCUT2D eigenvalue weighted by atomic mass is 19.4. The minimum absolute atomic E-state index is 0.337. The second-order valence-electron chi connectivity index (χ2n) is 6.12. The first kappa shape index (κ1) is 20.5. The highest BCUT2D eigenvalue weighted by Crippen LogP contribution is 2.30. The molecule has 0 aliphatic heterocycles. The third kappa shape index (κ3) is 5.84. The zero-order valence-electron chi connectivity index (χ0n) is 15.7. The van der Waals surface area contributed by atoms with E-state index in [0.29, 0.717) is 17.1 Å². The van der Waals surface area contributed by atoms with E-state index in [0.717, 1.165) is 11.1 Å². The summed E-state index contributed by atoms with van der Waals surface area (Å²) in [4.78, 5) is 8.22. The molecule has 0 amide bonds. The topological polar surface area (TPSA) is 46.5 Å². The van der Waals surface area contributed by atoms with Crippen molar-refractivity contribution in [2.75, 3.05) is 19.0 Å². The number of anilines is 1. The van der Waals surface area contributed by atoms with Crippen LogP contribution in [0.1, 0.15) is 23.7 Å². The smallest absolute Gasteiger partial charge is 0.419 e. The van der Waals surface area contributed by atoms with Gasteiger partial charge in [0, 0.05) is 11.9 Å². The molecule has 1 aromatic carbocycles. The first-order valence-corrected chi connectivity index (χ1v) is 8.34. The van der Waals surface area contributed by atoms with Gasteiger partial charge in [-0.1, -0.05) is 23.8 Å². The number of nitrogens with zero attached hydrogens (tertiary/aromatic N) is 2. The summed E-state index contributed by atoms with van der Waals surface area (Å²) in [7, 11) is 1.17. The van der Waals surface area contributed by atoms with Crippen LogP contribution in [0.5, 0.6) is 0 Å². The van der Waals surface area contributed by atoms with Gasteiger partial charge >= 0.3 is 6.18 Å². The molecule has 4 nitrogen and oxygen atoms in total. The largest absolute Gasteiger partial charge is 0.481 e. The number of nitrogens with one attached hydrogen (secondary N) is 1. The number of benzene rings is 1. The summed E-state index contributed by atoms with van der Waals surface area (Å²) in [5, 5.41) is 2.77. The molecular formula is C20H22F3N3O. The normalized spacial score (nSPS) is 13.2. The van der Waals surface area contributed by atoms with Gasteiger partial charge in [0.2, 0.25) is 5.88 Å². The average molecular weight is 377 g/mol. The lowest BCUT2D eigenvalue weighted by Crippen LogP contribution is -2.22. The van der Waals surface area contributed by atoms with Crippen LogP contribution < -0.4 is 5.32 Å². The average Bonchev–Trinajstić information content (AvgIpc) is 2.61. The van der Waals surface area contributed by atoms with Crippen molar-refractivity contribution in [2.24, 2.45) is 4.99 Å². The minimum Gasteiger partial charge on any atom is -0.481 e. The molecule has 7 heteroatoms. The molecule has 0 aliphatic rings. The molecule has 1 aromatic heterocycles. The first-order valence-electron chi connectivity index (χ1n) is 8.34. The molecule has 0 saturated carbocycles. The third-order valence-corrected chi connectivity index (χ3v) is 3.87. The fourth-order valence-corrected chi connectivity index (χ4v) is 2.29. The van der Waals surface area contributed by atoms with Gasteiger partial charge in [-0.3, -0.25) is 4.98 Å². The number of hydrogen-bond donors (Lipinski definition) is 1. The Morgan fingerprint density at radius 1 is 1.07 bits per heavy atom. The van der Waals surface area contributed by atoms with Gasteiger partial charge in [-0.15, -0.1) is 0 Å². The predicted octanol–water partition coefficient (Wildman–Crippen LogP) is 5.04. The van der Waals surface area contributed by atoms with Gasteiger partial charge in [0.15, 0.2) is 0 Å². The molecule has 0 spiro atoms. The molecule has 0 fully saturated rings. The lowest BCUT2D eigenvalue weighted by Gasteiger charge is -2.16. The molecule has 0 aliphatic carbocycles. The molecule has 2 rings (SSSR count). The van der Waals surface area contributed by atoms with Crippen molar-refractivity contribution in [2.45, 2.75) is 26.9 Å². The van der Waals surface area contributed by atoms with Crippen LogP contribution in [0.2, 0.25) is 0 Å². The maximum atomic E-state index is 13.6. The van der Waals surface area contributed by atoms with Crippen LogP contribution in [0.25, 0.3) is 0 Å². The maximum absolute atomic E-state index is 13.6. The summed E-state index contributed by atoms with van der Waals surface area (Å²) in [6.07, 6.45) is -2.96. The molecular weight excluding hydrogens is 355 g/mol. The van der Waals surface area contributed by atoms with Crippen molar-refractivity contribution in [3.63, 3.8) is 0 Å². The highest BCUT2D eigenvalue weighted by molar-refractivity contribution is 5.97. The summed E-state index contributed by atoms with van der Waals surface area (Å²) in [6, 6.07) is 10.6. The van der Waals surface area contributed by atoms with Crippen LogP contribution in [0.15, 0.2) is 59.0 Å². The van der Waals surface area contributed by atoms with E-state index in [1.165, 1.54) is 7.11 Å². The zero-order chi connectivity index (χ0) is 20.0. The maximum Gasteiger partial charge on any atom is 0.419 e. The minimum atomic E-state index is -4.59. The lowest BCUT2D eigenvalue weighted by atomic mass is 10.2. The number of ether oxygens (including phenoxy) is 1. The quantitative estimate of drug-likeness (QED) is 0.567. The Hall–Kier alpha value is -2.83. The van der Waals surface area contributed by atoms with Crippen molar-refractivity contribution in [1.82, 2.24) is 4.98 Å². The second-order valence-corrected chi connectivity index (χ2v) is 6.12. The van der Waals surface area contributed by atoms with Crippen molar-refractivity contribution in [1.29, 1.82) is 0 Å². The zero-order valence-corrected chi connectivity index (χ0v) is 15.7. The molecule has 2 aromatic rings. The highest BCUT2D eigenvalue weighted by Gasteiger charge is 2.37. The number of pyridine rings is 1. The van der Waals surface area contributed by atoms with E-state index in [9.17, 15) is 13.2 Å². The number of aliphatic imine (C=N–C) groups is 1. The molecule has 0 saturated heterocycles. The standard InChI is InChI=1S/C20H22F3N3O/c1-13-5-8-16(9-6-13)24-12-17(20(21,22)23)19(27-4)26-15(3)18-10-7-14(2)11-25-18/h5-11,24H,12H2,1-4H3/b19-17-,26-15?. The lowest BCUT2D eigenvalue weighted by molar-refractivity contribution is -0.0951. The van der Waals surface area contributed by atoms with Gasteiger partial charge in [-0.2, -0.15) is 13.2 Å². The van der Waals surface area contributed by atoms with Gasteiger partial charge < -0.3 is 10.1 Å². The van der Waals surface area contributed by atoms with Crippen molar-refractivity contribution >= 4 is 11.4 Å². The molecule has 0 bridgehead atoms. The van der Waals surface area contributed by atoms with Gasteiger partial charge in [-0.25, -0.2) is 4.99 Å².